The average Bonchev–Trinajstić information content (AvgIpc) is 3.16. The number of rotatable bonds is 4. The molecule has 0 bridgehead atoms. The Morgan fingerprint density at radius 2 is 1.92 bits per heavy atom. The molecule has 1 aliphatic heterocycles. The number of cyclic esters (lactones) is 1. The summed E-state index contributed by atoms with van der Waals surface area (Å²) in [6, 6.07) is 9.81. The summed E-state index contributed by atoms with van der Waals surface area (Å²) >= 11 is 0. The van der Waals surface area contributed by atoms with Gasteiger partial charge in [0.2, 0.25) is 0 Å². The second-order valence-corrected chi connectivity index (χ2v) is 7.60. The van der Waals surface area contributed by atoms with E-state index >= 15 is 0 Å². The minimum absolute atomic E-state index is 0.0770. The van der Waals surface area contributed by atoms with Crippen molar-refractivity contribution in [3.05, 3.63) is 35.9 Å². The van der Waals surface area contributed by atoms with Crippen LogP contribution in [-0.2, 0) is 14.3 Å². The number of amides is 1. The molecular weight excluding hydrogens is 306 g/mol. The Labute approximate surface area is 142 Å². The van der Waals surface area contributed by atoms with Gasteiger partial charge in [-0.1, -0.05) is 37.3 Å². The number of ether oxygens (including phenoxy) is 2. The Balaban J connectivity index is 1.69. The summed E-state index contributed by atoms with van der Waals surface area (Å²) in [6.45, 7) is 7.45. The standard InChI is InChI=1S/C19H25NO4/c1-5-12(20-18(22)24-19(2,3)4)16-14-13(15(14)17(21)23-16)11-9-7-6-8-10-11/h6-10,12-16H,5H2,1-4H3,(H,20,22)/t12-,13+,14-,15+,16-/m0/s1. The van der Waals surface area contributed by atoms with Crippen LogP contribution in [0.15, 0.2) is 30.3 Å². The molecule has 2 fully saturated rings. The minimum Gasteiger partial charge on any atom is -0.460 e. The van der Waals surface area contributed by atoms with E-state index in [0.717, 1.165) is 0 Å². The van der Waals surface area contributed by atoms with Crippen LogP contribution in [0.5, 0.6) is 0 Å². The lowest BCUT2D eigenvalue weighted by molar-refractivity contribution is -0.146. The predicted molar refractivity (Wildman–Crippen MR) is 89.5 cm³/mol. The van der Waals surface area contributed by atoms with E-state index in [4.69, 9.17) is 9.47 Å². The average molecular weight is 331 g/mol. The van der Waals surface area contributed by atoms with Gasteiger partial charge in [-0.15, -0.1) is 0 Å². The topological polar surface area (TPSA) is 64.6 Å². The Bertz CT molecular complexity index is 622. The van der Waals surface area contributed by atoms with E-state index in [-0.39, 0.29) is 35.9 Å². The molecule has 0 aromatic heterocycles. The maximum atomic E-state index is 12.2. The molecule has 1 aromatic carbocycles. The van der Waals surface area contributed by atoms with E-state index in [1.165, 1.54) is 5.56 Å². The Hall–Kier alpha value is -2.04. The number of hydrogen-bond acceptors (Lipinski definition) is 4. The van der Waals surface area contributed by atoms with E-state index in [9.17, 15) is 9.59 Å². The molecule has 0 spiro atoms. The normalized spacial score (nSPS) is 29.4. The first-order chi connectivity index (χ1) is 11.3. The summed E-state index contributed by atoms with van der Waals surface area (Å²) in [7, 11) is 0. The highest BCUT2D eigenvalue weighted by molar-refractivity contribution is 5.82. The van der Waals surface area contributed by atoms with E-state index in [1.54, 1.807) is 0 Å². The number of alkyl carbamates (subject to hydrolysis) is 1. The van der Waals surface area contributed by atoms with Crippen molar-refractivity contribution in [1.29, 1.82) is 0 Å². The van der Waals surface area contributed by atoms with Crippen LogP contribution in [-0.4, -0.2) is 29.8 Å². The fourth-order valence-electron chi connectivity index (χ4n) is 3.67. The summed E-state index contributed by atoms with van der Waals surface area (Å²) in [6.07, 6.45) is -0.0713. The molecule has 1 saturated heterocycles. The summed E-state index contributed by atoms with van der Waals surface area (Å²) in [5.41, 5.74) is 0.616. The molecule has 1 N–H and O–H groups in total. The highest BCUT2D eigenvalue weighted by Gasteiger charge is 2.67. The lowest BCUT2D eigenvalue weighted by Gasteiger charge is -2.27. The zero-order valence-corrected chi connectivity index (χ0v) is 14.6. The largest absolute Gasteiger partial charge is 0.460 e. The zero-order valence-electron chi connectivity index (χ0n) is 14.6. The molecule has 5 heteroatoms. The van der Waals surface area contributed by atoms with Crippen LogP contribution < -0.4 is 5.32 Å². The van der Waals surface area contributed by atoms with Gasteiger partial charge in [0, 0.05) is 11.8 Å². The predicted octanol–water partition coefficient (Wildman–Crippen LogP) is 3.24. The van der Waals surface area contributed by atoms with Crippen molar-refractivity contribution in [1.82, 2.24) is 5.32 Å². The van der Waals surface area contributed by atoms with Gasteiger partial charge in [-0.3, -0.25) is 4.79 Å². The first kappa shape index (κ1) is 16.8. The van der Waals surface area contributed by atoms with Crippen LogP contribution in [0.25, 0.3) is 0 Å². The zero-order chi connectivity index (χ0) is 17.5. The SMILES string of the molecule is CC[C@H](NC(=O)OC(C)(C)C)[C@@H]1OC(=O)[C@@H]2[C@H](c3ccccc3)[C@H]12. The van der Waals surface area contributed by atoms with E-state index in [0.29, 0.717) is 6.42 Å². The van der Waals surface area contributed by atoms with Crippen LogP contribution in [0.3, 0.4) is 0 Å². The number of benzene rings is 1. The molecular formula is C19H25NO4. The lowest BCUT2D eigenvalue weighted by atomic mass is 10.00. The van der Waals surface area contributed by atoms with E-state index in [1.807, 2.05) is 45.9 Å². The molecule has 2 aliphatic rings. The highest BCUT2D eigenvalue weighted by Crippen LogP contribution is 2.61. The van der Waals surface area contributed by atoms with Crippen LogP contribution in [0, 0.1) is 11.8 Å². The van der Waals surface area contributed by atoms with Crippen molar-refractivity contribution in [3.8, 4) is 0 Å². The van der Waals surface area contributed by atoms with Gasteiger partial charge in [-0.05, 0) is 32.8 Å². The number of hydrogen-bond donors (Lipinski definition) is 1. The van der Waals surface area contributed by atoms with Crippen LogP contribution in [0.1, 0.15) is 45.6 Å². The van der Waals surface area contributed by atoms with Crippen molar-refractivity contribution < 1.29 is 19.1 Å². The van der Waals surface area contributed by atoms with Gasteiger partial charge in [-0.25, -0.2) is 4.79 Å². The third-order valence-electron chi connectivity index (χ3n) is 4.70. The summed E-state index contributed by atoms with van der Waals surface area (Å²) in [4.78, 5) is 24.2. The Morgan fingerprint density at radius 3 is 2.50 bits per heavy atom. The molecule has 0 radical (unpaired) electrons. The Kier molecular flexibility index (Phi) is 4.28. The quantitative estimate of drug-likeness (QED) is 0.860. The van der Waals surface area contributed by atoms with Gasteiger partial charge in [0.05, 0.1) is 12.0 Å². The first-order valence-electron chi connectivity index (χ1n) is 8.57. The summed E-state index contributed by atoms with van der Waals surface area (Å²) in [5, 5.41) is 2.88. The van der Waals surface area contributed by atoms with Gasteiger partial charge >= 0.3 is 12.1 Å². The molecule has 1 aromatic rings. The van der Waals surface area contributed by atoms with Crippen molar-refractivity contribution in [2.75, 3.05) is 0 Å². The van der Waals surface area contributed by atoms with E-state index < -0.39 is 11.7 Å². The summed E-state index contributed by atoms with van der Waals surface area (Å²) < 4.78 is 10.9. The minimum atomic E-state index is -0.552. The molecule has 130 valence electrons. The first-order valence-corrected chi connectivity index (χ1v) is 8.57. The van der Waals surface area contributed by atoms with Gasteiger partial charge in [0.1, 0.15) is 11.7 Å². The highest BCUT2D eigenvalue weighted by atomic mass is 16.6. The molecule has 1 saturated carbocycles. The maximum Gasteiger partial charge on any atom is 0.408 e. The number of nitrogens with one attached hydrogen (secondary N) is 1. The maximum absolute atomic E-state index is 12.2. The smallest absolute Gasteiger partial charge is 0.408 e. The summed E-state index contributed by atoms with van der Waals surface area (Å²) in [5.74, 6) is 0.113. The van der Waals surface area contributed by atoms with Crippen molar-refractivity contribution in [2.45, 2.75) is 57.8 Å². The molecule has 3 rings (SSSR count). The van der Waals surface area contributed by atoms with Gasteiger partial charge < -0.3 is 14.8 Å². The van der Waals surface area contributed by atoms with Crippen molar-refractivity contribution >= 4 is 12.1 Å². The lowest BCUT2D eigenvalue weighted by Crippen LogP contribution is -2.46. The molecule has 5 atom stereocenters. The fraction of sp³-hybridized carbons (Fsp3) is 0.579. The van der Waals surface area contributed by atoms with Gasteiger partial charge in [0.15, 0.2) is 0 Å². The number of fused-ring (bicyclic) bond motifs is 1. The van der Waals surface area contributed by atoms with Crippen LogP contribution in [0.2, 0.25) is 0 Å². The van der Waals surface area contributed by atoms with Crippen molar-refractivity contribution in [3.63, 3.8) is 0 Å². The fourth-order valence-corrected chi connectivity index (χ4v) is 3.67. The number of esters is 1. The molecule has 24 heavy (non-hydrogen) atoms. The molecule has 0 unspecified atom stereocenters. The van der Waals surface area contributed by atoms with Crippen LogP contribution in [0.4, 0.5) is 4.79 Å². The van der Waals surface area contributed by atoms with Crippen molar-refractivity contribution in [2.24, 2.45) is 11.8 Å². The molecule has 5 nitrogen and oxygen atoms in total. The second kappa shape index (κ2) is 6.11. The molecule has 1 heterocycles. The molecule has 1 amide bonds. The third kappa shape index (κ3) is 3.25. The second-order valence-electron chi connectivity index (χ2n) is 7.60. The molecule has 1 aliphatic carbocycles. The van der Waals surface area contributed by atoms with Crippen LogP contribution >= 0.6 is 0 Å². The number of carbonyl (C=O) groups is 2. The number of carbonyl (C=O) groups excluding carboxylic acids is 2. The van der Waals surface area contributed by atoms with Gasteiger partial charge in [-0.2, -0.15) is 0 Å². The van der Waals surface area contributed by atoms with Gasteiger partial charge in [0.25, 0.3) is 0 Å². The monoisotopic (exact) mass is 331 g/mol. The Morgan fingerprint density at radius 1 is 1.25 bits per heavy atom. The third-order valence-corrected chi connectivity index (χ3v) is 4.70. The van der Waals surface area contributed by atoms with E-state index in [2.05, 4.69) is 17.4 Å².